The number of hydrogen-bond acceptors (Lipinski definition) is 5. The predicted octanol–water partition coefficient (Wildman–Crippen LogP) is 4.48. The van der Waals surface area contributed by atoms with Crippen molar-refractivity contribution in [1.29, 1.82) is 5.26 Å². The second-order valence-corrected chi connectivity index (χ2v) is 5.60. The first-order valence-corrected chi connectivity index (χ1v) is 8.04. The smallest absolute Gasteiger partial charge is 0.281 e. The lowest BCUT2D eigenvalue weighted by Crippen LogP contribution is -2.22. The topological polar surface area (TPSA) is 90.7 Å². The number of halogens is 1. The van der Waals surface area contributed by atoms with Gasteiger partial charge in [-0.3, -0.25) is 9.36 Å². The first kappa shape index (κ1) is 18.3. The van der Waals surface area contributed by atoms with Gasteiger partial charge in [-0.2, -0.15) is 5.26 Å². The van der Waals surface area contributed by atoms with Gasteiger partial charge in [-0.05, 0) is 25.5 Å². The van der Waals surface area contributed by atoms with Crippen LogP contribution in [0.2, 0.25) is 0 Å². The van der Waals surface area contributed by atoms with Crippen molar-refractivity contribution in [3.63, 3.8) is 0 Å². The van der Waals surface area contributed by atoms with Crippen LogP contribution in [-0.4, -0.2) is 9.67 Å². The fraction of sp³-hybridized carbons (Fsp3) is 0.333. The van der Waals surface area contributed by atoms with Gasteiger partial charge in [0.2, 0.25) is 5.88 Å². The Morgan fingerprint density at radius 1 is 1.28 bits per heavy atom. The number of rotatable bonds is 6. The number of unbranched alkanes of at least 4 members (excludes halogenated alkanes) is 2. The van der Waals surface area contributed by atoms with E-state index in [2.05, 4.69) is 10.2 Å². The molecule has 0 atom stereocenters. The summed E-state index contributed by atoms with van der Waals surface area (Å²) in [5.41, 5.74) is -0.444. The number of aromatic hydroxyl groups is 1. The molecule has 1 heterocycles. The molecule has 25 heavy (non-hydrogen) atoms. The zero-order valence-electron chi connectivity index (χ0n) is 14.2. The van der Waals surface area contributed by atoms with Gasteiger partial charge in [-0.25, -0.2) is 4.39 Å². The maximum atomic E-state index is 13.7. The molecule has 2 aromatic rings. The van der Waals surface area contributed by atoms with Crippen molar-refractivity contribution < 1.29 is 9.50 Å². The molecule has 6 nitrogen and oxygen atoms in total. The fourth-order valence-corrected chi connectivity index (χ4v) is 2.42. The van der Waals surface area contributed by atoms with Crippen molar-refractivity contribution in [3.05, 3.63) is 51.6 Å². The average Bonchev–Trinajstić information content (AvgIpc) is 2.59. The third-order valence-corrected chi connectivity index (χ3v) is 3.86. The number of hydrogen-bond donors (Lipinski definition) is 1. The molecule has 0 aliphatic heterocycles. The summed E-state index contributed by atoms with van der Waals surface area (Å²) in [5, 5.41) is 27.1. The van der Waals surface area contributed by atoms with Gasteiger partial charge in [-0.1, -0.05) is 31.9 Å². The minimum atomic E-state index is -0.563. The zero-order chi connectivity index (χ0) is 18.4. The van der Waals surface area contributed by atoms with Crippen LogP contribution in [0.5, 0.6) is 5.88 Å². The molecule has 130 valence electrons. The van der Waals surface area contributed by atoms with Crippen LogP contribution in [0.25, 0.3) is 0 Å². The van der Waals surface area contributed by atoms with Crippen molar-refractivity contribution in [1.82, 2.24) is 4.57 Å². The minimum Gasteiger partial charge on any atom is -0.493 e. The van der Waals surface area contributed by atoms with Gasteiger partial charge >= 0.3 is 0 Å². The summed E-state index contributed by atoms with van der Waals surface area (Å²) in [6.45, 7) is 3.80. The summed E-state index contributed by atoms with van der Waals surface area (Å²) in [6, 6.07) is 7.68. The van der Waals surface area contributed by atoms with Crippen molar-refractivity contribution in [3.8, 4) is 11.9 Å². The van der Waals surface area contributed by atoms with E-state index in [0.29, 0.717) is 6.42 Å². The predicted molar refractivity (Wildman–Crippen MR) is 91.9 cm³/mol. The summed E-state index contributed by atoms with van der Waals surface area (Å²) in [6.07, 6.45) is 2.52. The van der Waals surface area contributed by atoms with E-state index >= 15 is 0 Å². The van der Waals surface area contributed by atoms with Crippen molar-refractivity contribution in [2.45, 2.75) is 39.7 Å². The molecule has 0 fully saturated rings. The molecule has 0 bridgehead atoms. The standard InChI is InChI=1S/C18H19FN4O2/c1-3-4-7-10-23-17(24)13(11-20)12(2)16(18(23)25)22-21-15-9-6-5-8-14(15)19/h5-6,8-9,24H,3-4,7,10H2,1-2H3. The third-order valence-electron chi connectivity index (χ3n) is 3.86. The van der Waals surface area contributed by atoms with Gasteiger partial charge in [0.1, 0.15) is 17.3 Å². The second-order valence-electron chi connectivity index (χ2n) is 5.60. The first-order chi connectivity index (χ1) is 12.0. The van der Waals surface area contributed by atoms with Gasteiger partial charge in [0.15, 0.2) is 11.5 Å². The monoisotopic (exact) mass is 342 g/mol. The molecule has 0 radical (unpaired) electrons. The fourth-order valence-electron chi connectivity index (χ4n) is 2.42. The highest BCUT2D eigenvalue weighted by Crippen LogP contribution is 2.27. The van der Waals surface area contributed by atoms with Gasteiger partial charge in [0.25, 0.3) is 5.56 Å². The van der Waals surface area contributed by atoms with Crippen LogP contribution in [0.4, 0.5) is 15.8 Å². The Bertz CT molecular complexity index is 897. The van der Waals surface area contributed by atoms with Crippen molar-refractivity contribution in [2.24, 2.45) is 10.2 Å². The van der Waals surface area contributed by atoms with Crippen LogP contribution in [0, 0.1) is 24.1 Å². The molecule has 1 aromatic carbocycles. The van der Waals surface area contributed by atoms with E-state index in [-0.39, 0.29) is 34.9 Å². The van der Waals surface area contributed by atoms with Gasteiger partial charge in [0.05, 0.1) is 0 Å². The quantitative estimate of drug-likeness (QED) is 0.620. The number of pyridine rings is 1. The SMILES string of the molecule is CCCCCn1c(O)c(C#N)c(C)c(N=Nc2ccccc2F)c1=O. The number of aromatic nitrogens is 1. The molecule has 0 aliphatic carbocycles. The van der Waals surface area contributed by atoms with E-state index in [1.54, 1.807) is 6.07 Å². The molecule has 0 spiro atoms. The Kier molecular flexibility index (Phi) is 6.01. The molecular weight excluding hydrogens is 323 g/mol. The lowest BCUT2D eigenvalue weighted by atomic mass is 10.1. The summed E-state index contributed by atoms with van der Waals surface area (Å²) >= 11 is 0. The number of nitriles is 1. The normalized spacial score (nSPS) is 11.0. The van der Waals surface area contributed by atoms with E-state index < -0.39 is 11.4 Å². The third kappa shape index (κ3) is 3.91. The van der Waals surface area contributed by atoms with Crippen molar-refractivity contribution in [2.75, 3.05) is 0 Å². The molecule has 2 rings (SSSR count). The second kappa shape index (κ2) is 8.20. The largest absolute Gasteiger partial charge is 0.493 e. The number of azo groups is 1. The molecule has 7 heteroatoms. The summed E-state index contributed by atoms with van der Waals surface area (Å²) < 4.78 is 14.8. The Morgan fingerprint density at radius 3 is 2.64 bits per heavy atom. The molecule has 0 unspecified atom stereocenters. The van der Waals surface area contributed by atoms with Crippen molar-refractivity contribution >= 4 is 11.4 Å². The molecule has 0 saturated carbocycles. The average molecular weight is 342 g/mol. The Labute approximate surface area is 144 Å². The van der Waals surface area contributed by atoms with E-state index in [1.165, 1.54) is 25.1 Å². The molecule has 1 aromatic heterocycles. The molecule has 0 amide bonds. The Morgan fingerprint density at radius 2 is 2.00 bits per heavy atom. The van der Waals surface area contributed by atoms with Gasteiger partial charge < -0.3 is 5.11 Å². The Balaban J connectivity index is 2.54. The minimum absolute atomic E-state index is 0.00887. The van der Waals surface area contributed by atoms with Crippen LogP contribution in [0.15, 0.2) is 39.3 Å². The van der Waals surface area contributed by atoms with E-state index in [1.807, 2.05) is 13.0 Å². The number of benzene rings is 1. The first-order valence-electron chi connectivity index (χ1n) is 8.04. The van der Waals surface area contributed by atoms with Gasteiger partial charge in [-0.15, -0.1) is 10.2 Å². The number of nitrogens with zero attached hydrogens (tertiary/aromatic N) is 4. The van der Waals surface area contributed by atoms with Crippen LogP contribution >= 0.6 is 0 Å². The maximum Gasteiger partial charge on any atom is 0.281 e. The maximum absolute atomic E-state index is 13.7. The molecule has 1 N–H and O–H groups in total. The summed E-state index contributed by atoms with van der Waals surface area (Å²) in [4.78, 5) is 12.6. The highest BCUT2D eigenvalue weighted by atomic mass is 19.1. The summed E-state index contributed by atoms with van der Waals surface area (Å²) in [7, 11) is 0. The zero-order valence-corrected chi connectivity index (χ0v) is 14.2. The van der Waals surface area contributed by atoms with Gasteiger partial charge in [0, 0.05) is 12.1 Å². The lowest BCUT2D eigenvalue weighted by Gasteiger charge is -2.12. The Hall–Kier alpha value is -3.01. The van der Waals surface area contributed by atoms with E-state index in [9.17, 15) is 19.6 Å². The molecule has 0 aliphatic rings. The van der Waals surface area contributed by atoms with Crippen LogP contribution < -0.4 is 5.56 Å². The highest BCUT2D eigenvalue weighted by Gasteiger charge is 2.19. The molecule has 0 saturated heterocycles. The lowest BCUT2D eigenvalue weighted by molar-refractivity contribution is 0.398. The van der Waals surface area contributed by atoms with E-state index in [0.717, 1.165) is 17.4 Å². The summed E-state index contributed by atoms with van der Waals surface area (Å²) in [5.74, 6) is -0.933. The van der Waals surface area contributed by atoms with Crippen LogP contribution in [0.1, 0.15) is 37.3 Å². The highest BCUT2D eigenvalue weighted by molar-refractivity contribution is 5.56. The molecular formula is C18H19FN4O2. The van der Waals surface area contributed by atoms with E-state index in [4.69, 9.17) is 0 Å². The van der Waals surface area contributed by atoms with Crippen LogP contribution in [0.3, 0.4) is 0 Å². The van der Waals surface area contributed by atoms with Crippen LogP contribution in [-0.2, 0) is 6.54 Å².